The van der Waals surface area contributed by atoms with Gasteiger partial charge in [-0.2, -0.15) is 0 Å². The summed E-state index contributed by atoms with van der Waals surface area (Å²) in [6.45, 7) is 4.00. The van der Waals surface area contributed by atoms with Gasteiger partial charge in [-0.15, -0.1) is 0 Å². The fourth-order valence-electron chi connectivity index (χ4n) is 4.36. The molecule has 0 aliphatic carbocycles. The second-order valence-corrected chi connectivity index (χ2v) is 13.1. The number of carbonyl (C=O) groups excluding carboxylic acids is 2. The van der Waals surface area contributed by atoms with Gasteiger partial charge in [-0.05, 0) is 47.7 Å². The first-order valence-electron chi connectivity index (χ1n) is 13.4. The van der Waals surface area contributed by atoms with E-state index < -0.39 is 15.8 Å². The minimum absolute atomic E-state index is 0. The zero-order valence-corrected chi connectivity index (χ0v) is 27.1. The van der Waals surface area contributed by atoms with Crippen molar-refractivity contribution in [1.29, 1.82) is 0 Å². The monoisotopic (exact) mass is 690 g/mol. The Kier molecular flexibility index (Phi) is 17.2. The average Bonchev–Trinajstić information content (AvgIpc) is 3.10. The molecule has 0 aliphatic rings. The van der Waals surface area contributed by atoms with Gasteiger partial charge < -0.3 is 9.59 Å². The molecule has 0 N–H and O–H groups in total. The standard InChI is InChI=1S/2C18H15P.2CH2O.Pd/c2*1-4-10-16(11-5-1)19(17-12-6-2-7-13-17)18-14-8-3-9-15-18;2*1-2;/h2*1-15H;2*1H2;. The Bertz CT molecular complexity index is 1220. The molecule has 6 aromatic carbocycles. The second-order valence-electron chi connectivity index (χ2n) is 8.68. The molecule has 0 radical (unpaired) electrons. The molecule has 0 aromatic heterocycles. The summed E-state index contributed by atoms with van der Waals surface area (Å²) >= 11 is 0. The van der Waals surface area contributed by atoms with Crippen LogP contribution in [0.3, 0.4) is 0 Å². The maximum atomic E-state index is 8.00. The Hall–Kier alpha value is -3.82. The van der Waals surface area contributed by atoms with Crippen molar-refractivity contribution < 1.29 is 30.0 Å². The van der Waals surface area contributed by atoms with Gasteiger partial charge >= 0.3 is 0 Å². The van der Waals surface area contributed by atoms with Crippen molar-refractivity contribution in [3.63, 3.8) is 0 Å². The molecule has 0 bridgehead atoms. The first kappa shape index (κ1) is 35.4. The molecular formula is C38H34O2P2Pd. The Morgan fingerprint density at radius 1 is 0.256 bits per heavy atom. The molecule has 43 heavy (non-hydrogen) atoms. The Balaban J connectivity index is 0.000000264. The van der Waals surface area contributed by atoms with E-state index in [1.54, 1.807) is 0 Å². The second kappa shape index (κ2) is 21.0. The van der Waals surface area contributed by atoms with E-state index in [-0.39, 0.29) is 20.4 Å². The first-order valence-corrected chi connectivity index (χ1v) is 16.1. The van der Waals surface area contributed by atoms with Gasteiger partial charge in [0.05, 0.1) is 0 Å². The quantitative estimate of drug-likeness (QED) is 0.148. The average molecular weight is 691 g/mol. The molecule has 0 saturated heterocycles. The van der Waals surface area contributed by atoms with Crippen molar-refractivity contribution in [2.75, 3.05) is 0 Å². The van der Waals surface area contributed by atoms with Crippen molar-refractivity contribution in [3.05, 3.63) is 182 Å². The molecule has 0 spiro atoms. The van der Waals surface area contributed by atoms with Crippen LogP contribution < -0.4 is 31.8 Å². The molecule has 0 saturated carbocycles. The van der Waals surface area contributed by atoms with Crippen LogP contribution in [0.25, 0.3) is 0 Å². The Morgan fingerprint density at radius 2 is 0.372 bits per heavy atom. The molecule has 0 fully saturated rings. The van der Waals surface area contributed by atoms with Gasteiger partial charge in [-0.25, -0.2) is 0 Å². The maximum absolute atomic E-state index is 8.00. The molecule has 218 valence electrons. The van der Waals surface area contributed by atoms with Crippen LogP contribution in [0.1, 0.15) is 0 Å². The summed E-state index contributed by atoms with van der Waals surface area (Å²) in [7, 11) is -0.892. The maximum Gasteiger partial charge on any atom is 0.106 e. The van der Waals surface area contributed by atoms with E-state index in [0.717, 1.165) is 0 Å². The zero-order valence-electron chi connectivity index (χ0n) is 23.8. The summed E-state index contributed by atoms with van der Waals surface area (Å²) in [5.41, 5.74) is 0. The molecule has 0 aliphatic heterocycles. The minimum atomic E-state index is -0.446. The predicted molar refractivity (Wildman–Crippen MR) is 185 cm³/mol. The number of hydrogen-bond donors (Lipinski definition) is 0. The third-order valence-electron chi connectivity index (χ3n) is 6.09. The van der Waals surface area contributed by atoms with Crippen molar-refractivity contribution in [1.82, 2.24) is 0 Å². The Morgan fingerprint density at radius 3 is 0.488 bits per heavy atom. The van der Waals surface area contributed by atoms with Gasteiger partial charge in [0.2, 0.25) is 0 Å². The van der Waals surface area contributed by atoms with Crippen LogP contribution in [0.2, 0.25) is 0 Å². The molecule has 2 nitrogen and oxygen atoms in total. The van der Waals surface area contributed by atoms with Crippen LogP contribution in [0.5, 0.6) is 0 Å². The van der Waals surface area contributed by atoms with Crippen LogP contribution in [0, 0.1) is 0 Å². The first-order chi connectivity index (χ1) is 20.9. The van der Waals surface area contributed by atoms with Crippen molar-refractivity contribution >= 4 is 61.2 Å². The minimum Gasteiger partial charge on any atom is -0.307 e. The van der Waals surface area contributed by atoms with E-state index in [1.165, 1.54) is 31.8 Å². The van der Waals surface area contributed by atoms with E-state index in [1.807, 2.05) is 13.6 Å². The number of hydrogen-bond acceptors (Lipinski definition) is 2. The van der Waals surface area contributed by atoms with Crippen molar-refractivity contribution in [2.45, 2.75) is 0 Å². The van der Waals surface area contributed by atoms with Crippen LogP contribution in [-0.4, -0.2) is 13.6 Å². The van der Waals surface area contributed by atoms with Gasteiger partial charge in [0.15, 0.2) is 0 Å². The van der Waals surface area contributed by atoms with E-state index >= 15 is 0 Å². The SMILES string of the molecule is C=O.C=O.[Pd].c1ccc(P(c2ccccc2)c2ccccc2)cc1.c1ccc(P(c2ccccc2)c2ccccc2)cc1. The summed E-state index contributed by atoms with van der Waals surface area (Å²) < 4.78 is 0. The third-order valence-corrected chi connectivity index (χ3v) is 11.0. The molecule has 0 amide bonds. The summed E-state index contributed by atoms with van der Waals surface area (Å²) in [6, 6.07) is 64.7. The normalized spacial score (nSPS) is 9.53. The van der Waals surface area contributed by atoms with Gasteiger partial charge in [0.25, 0.3) is 0 Å². The summed E-state index contributed by atoms with van der Waals surface area (Å²) in [5.74, 6) is 0. The van der Waals surface area contributed by atoms with E-state index in [9.17, 15) is 0 Å². The van der Waals surface area contributed by atoms with Crippen molar-refractivity contribution in [2.24, 2.45) is 0 Å². The van der Waals surface area contributed by atoms with Gasteiger partial charge in [-0.3, -0.25) is 0 Å². The number of benzene rings is 6. The van der Waals surface area contributed by atoms with Gasteiger partial charge in [-0.1, -0.05) is 182 Å². The predicted octanol–water partition coefficient (Wildman–Crippen LogP) is 6.52. The smallest absolute Gasteiger partial charge is 0.106 e. The molecule has 6 rings (SSSR count). The Labute approximate surface area is 272 Å². The zero-order chi connectivity index (χ0) is 29.8. The third kappa shape index (κ3) is 10.8. The van der Waals surface area contributed by atoms with Gasteiger partial charge in [0.1, 0.15) is 13.6 Å². The molecular weight excluding hydrogens is 657 g/mol. The summed E-state index contributed by atoms with van der Waals surface area (Å²) in [4.78, 5) is 16.0. The van der Waals surface area contributed by atoms with E-state index in [0.29, 0.717) is 0 Å². The fourth-order valence-corrected chi connectivity index (χ4v) is 8.97. The summed E-state index contributed by atoms with van der Waals surface area (Å²) in [6.07, 6.45) is 0. The molecule has 6 aromatic rings. The molecule has 0 atom stereocenters. The topological polar surface area (TPSA) is 34.1 Å². The van der Waals surface area contributed by atoms with Crippen LogP contribution in [-0.2, 0) is 30.0 Å². The summed E-state index contributed by atoms with van der Waals surface area (Å²) in [5, 5.41) is 8.39. The van der Waals surface area contributed by atoms with Crippen molar-refractivity contribution in [3.8, 4) is 0 Å². The molecule has 0 heterocycles. The largest absolute Gasteiger partial charge is 0.307 e. The van der Waals surface area contributed by atoms with E-state index in [2.05, 4.69) is 182 Å². The molecule has 5 heteroatoms. The van der Waals surface area contributed by atoms with Crippen LogP contribution in [0.4, 0.5) is 0 Å². The number of carbonyl (C=O) groups is 2. The van der Waals surface area contributed by atoms with E-state index in [4.69, 9.17) is 9.59 Å². The number of rotatable bonds is 6. The van der Waals surface area contributed by atoms with Gasteiger partial charge in [0, 0.05) is 20.4 Å². The molecule has 0 unspecified atom stereocenters. The van der Waals surface area contributed by atoms with Crippen LogP contribution in [0.15, 0.2) is 182 Å². The fraction of sp³-hybridized carbons (Fsp3) is 0. The van der Waals surface area contributed by atoms with Crippen LogP contribution >= 0.6 is 15.8 Å².